The molecule has 2 heterocycles. The van der Waals surface area contributed by atoms with E-state index in [0.29, 0.717) is 25.9 Å². The molecule has 0 saturated carbocycles. The summed E-state index contributed by atoms with van der Waals surface area (Å²) >= 11 is 0. The predicted octanol–water partition coefficient (Wildman–Crippen LogP) is -0.351. The summed E-state index contributed by atoms with van der Waals surface area (Å²) in [4.78, 5) is 37.9. The minimum atomic E-state index is -0.914. The topological polar surface area (TPSA) is 104 Å². The highest BCUT2D eigenvalue weighted by atomic mass is 16.4. The van der Waals surface area contributed by atoms with Crippen molar-refractivity contribution in [3.63, 3.8) is 0 Å². The number of hydrogen-bond acceptors (Lipinski definition) is 4. The Balaban J connectivity index is 1.75. The summed E-state index contributed by atoms with van der Waals surface area (Å²) in [5, 5.41) is 9.08. The number of nitrogens with zero attached hydrogens (tertiary/aromatic N) is 2. The lowest BCUT2D eigenvalue weighted by Gasteiger charge is -2.31. The van der Waals surface area contributed by atoms with Gasteiger partial charge in [-0.15, -0.1) is 0 Å². The van der Waals surface area contributed by atoms with Crippen LogP contribution in [0.3, 0.4) is 0 Å². The minimum absolute atomic E-state index is 0.0491. The number of nitrogens with two attached hydrogens (primary N) is 1. The van der Waals surface area contributed by atoms with Gasteiger partial charge in [0.2, 0.25) is 11.8 Å². The summed E-state index contributed by atoms with van der Waals surface area (Å²) in [5.41, 5.74) is 5.29. The summed E-state index contributed by atoms with van der Waals surface area (Å²) < 4.78 is 0. The predicted molar refractivity (Wildman–Crippen MR) is 75.3 cm³/mol. The van der Waals surface area contributed by atoms with E-state index in [1.807, 2.05) is 0 Å². The van der Waals surface area contributed by atoms with E-state index >= 15 is 0 Å². The average Bonchev–Trinajstić information content (AvgIpc) is 2.95. The van der Waals surface area contributed by atoms with Crippen LogP contribution in [0.5, 0.6) is 0 Å². The van der Waals surface area contributed by atoms with E-state index in [4.69, 9.17) is 10.8 Å². The van der Waals surface area contributed by atoms with E-state index in [-0.39, 0.29) is 17.7 Å². The smallest absolute Gasteiger partial charge is 0.326 e. The number of piperidine rings is 1. The molecule has 2 aliphatic rings. The fourth-order valence-corrected chi connectivity index (χ4v) is 3.16. The first-order chi connectivity index (χ1) is 9.99. The molecule has 0 spiro atoms. The number of hydrogen-bond donors (Lipinski definition) is 2. The summed E-state index contributed by atoms with van der Waals surface area (Å²) in [5.74, 6) is -1.29. The van der Waals surface area contributed by atoms with Crippen LogP contribution in [0.15, 0.2) is 0 Å². The maximum Gasteiger partial charge on any atom is 0.326 e. The Morgan fingerprint density at radius 2 is 1.76 bits per heavy atom. The molecule has 7 heteroatoms. The van der Waals surface area contributed by atoms with Gasteiger partial charge in [0.15, 0.2) is 0 Å². The van der Waals surface area contributed by atoms with Crippen LogP contribution in [-0.4, -0.2) is 64.9 Å². The molecule has 0 aromatic rings. The van der Waals surface area contributed by atoms with Gasteiger partial charge in [-0.1, -0.05) is 0 Å². The van der Waals surface area contributed by atoms with Crippen molar-refractivity contribution in [2.75, 3.05) is 26.2 Å². The first-order valence-electron chi connectivity index (χ1n) is 7.53. The van der Waals surface area contributed by atoms with Gasteiger partial charge in [0.1, 0.15) is 6.04 Å². The van der Waals surface area contributed by atoms with Crippen LogP contribution < -0.4 is 5.73 Å². The monoisotopic (exact) mass is 297 g/mol. The van der Waals surface area contributed by atoms with Crippen LogP contribution in [0.2, 0.25) is 0 Å². The van der Waals surface area contributed by atoms with E-state index < -0.39 is 12.0 Å². The normalized spacial score (nSPS) is 24.2. The molecule has 1 unspecified atom stereocenters. The van der Waals surface area contributed by atoms with Crippen molar-refractivity contribution in [2.24, 2.45) is 11.7 Å². The molecule has 21 heavy (non-hydrogen) atoms. The lowest BCUT2D eigenvalue weighted by Crippen LogP contribution is -2.43. The van der Waals surface area contributed by atoms with Crippen LogP contribution >= 0.6 is 0 Å². The molecule has 7 nitrogen and oxygen atoms in total. The number of primary amides is 1. The lowest BCUT2D eigenvalue weighted by atomic mass is 9.96. The highest BCUT2D eigenvalue weighted by Gasteiger charge is 2.33. The lowest BCUT2D eigenvalue weighted by molar-refractivity contribution is -0.148. The Kier molecular flexibility index (Phi) is 5.17. The fourth-order valence-electron chi connectivity index (χ4n) is 3.16. The molecule has 2 saturated heterocycles. The zero-order valence-electron chi connectivity index (χ0n) is 12.2. The van der Waals surface area contributed by atoms with Gasteiger partial charge >= 0.3 is 5.97 Å². The highest BCUT2D eigenvalue weighted by molar-refractivity contribution is 5.84. The molecule has 2 aliphatic heterocycles. The van der Waals surface area contributed by atoms with Crippen LogP contribution in [0.1, 0.15) is 32.1 Å². The van der Waals surface area contributed by atoms with Crippen molar-refractivity contribution >= 4 is 17.8 Å². The molecule has 0 radical (unpaired) electrons. The third kappa shape index (κ3) is 3.93. The van der Waals surface area contributed by atoms with Crippen molar-refractivity contribution < 1.29 is 19.5 Å². The molecule has 2 amide bonds. The summed E-state index contributed by atoms with van der Waals surface area (Å²) in [6.45, 7) is 2.69. The van der Waals surface area contributed by atoms with Crippen LogP contribution in [0, 0.1) is 5.92 Å². The zero-order valence-corrected chi connectivity index (χ0v) is 12.2. The summed E-state index contributed by atoms with van der Waals surface area (Å²) in [6, 6.07) is -0.655. The van der Waals surface area contributed by atoms with Gasteiger partial charge in [0.05, 0.1) is 0 Å². The molecule has 0 aromatic heterocycles. The van der Waals surface area contributed by atoms with Gasteiger partial charge in [-0.25, -0.2) is 4.79 Å². The van der Waals surface area contributed by atoms with E-state index in [9.17, 15) is 14.4 Å². The van der Waals surface area contributed by atoms with Crippen molar-refractivity contribution in [1.82, 2.24) is 9.80 Å². The minimum Gasteiger partial charge on any atom is -0.480 e. The van der Waals surface area contributed by atoms with Crippen molar-refractivity contribution in [3.05, 3.63) is 0 Å². The number of carboxylic acid groups (broad SMARTS) is 1. The number of carbonyl (C=O) groups is 3. The Bertz CT molecular complexity index is 418. The van der Waals surface area contributed by atoms with Crippen molar-refractivity contribution in [2.45, 2.75) is 38.1 Å². The molecule has 0 bridgehead atoms. The Hall–Kier alpha value is -1.63. The quantitative estimate of drug-likeness (QED) is 0.722. The second kappa shape index (κ2) is 6.89. The third-order valence-electron chi connectivity index (χ3n) is 4.49. The van der Waals surface area contributed by atoms with Crippen LogP contribution in [0.25, 0.3) is 0 Å². The number of amides is 2. The van der Waals surface area contributed by atoms with E-state index in [0.717, 1.165) is 32.4 Å². The van der Waals surface area contributed by atoms with E-state index in [2.05, 4.69) is 4.90 Å². The van der Waals surface area contributed by atoms with E-state index in [1.165, 1.54) is 4.90 Å². The highest BCUT2D eigenvalue weighted by Crippen LogP contribution is 2.20. The number of likely N-dealkylation sites (tertiary alicyclic amines) is 2. The van der Waals surface area contributed by atoms with Crippen LogP contribution in [-0.2, 0) is 14.4 Å². The Labute approximate surface area is 124 Å². The van der Waals surface area contributed by atoms with Gasteiger partial charge in [-0.3, -0.25) is 9.59 Å². The Morgan fingerprint density at radius 3 is 2.33 bits per heavy atom. The first-order valence-corrected chi connectivity index (χ1v) is 7.53. The maximum atomic E-state index is 12.1. The first kappa shape index (κ1) is 15.8. The second-order valence-electron chi connectivity index (χ2n) is 5.85. The Morgan fingerprint density at radius 1 is 1.10 bits per heavy atom. The molecule has 0 aromatic carbocycles. The number of rotatable bonds is 5. The van der Waals surface area contributed by atoms with Crippen molar-refractivity contribution in [1.29, 1.82) is 0 Å². The van der Waals surface area contributed by atoms with Crippen LogP contribution in [0.4, 0.5) is 0 Å². The molecule has 0 aliphatic carbocycles. The van der Waals surface area contributed by atoms with Gasteiger partial charge in [-0.2, -0.15) is 0 Å². The number of carboxylic acids is 1. The molecule has 1 atom stereocenters. The van der Waals surface area contributed by atoms with Gasteiger partial charge in [0, 0.05) is 25.4 Å². The molecule has 2 rings (SSSR count). The largest absolute Gasteiger partial charge is 0.480 e. The summed E-state index contributed by atoms with van der Waals surface area (Å²) in [7, 11) is 0. The van der Waals surface area contributed by atoms with Crippen molar-refractivity contribution in [3.8, 4) is 0 Å². The third-order valence-corrected chi connectivity index (χ3v) is 4.49. The van der Waals surface area contributed by atoms with Gasteiger partial charge in [-0.05, 0) is 38.8 Å². The molecule has 118 valence electrons. The van der Waals surface area contributed by atoms with Gasteiger partial charge < -0.3 is 20.6 Å². The van der Waals surface area contributed by atoms with Gasteiger partial charge in [0.25, 0.3) is 0 Å². The zero-order chi connectivity index (χ0) is 15.4. The molecule has 3 N–H and O–H groups in total. The number of carbonyl (C=O) groups excluding carboxylic acids is 2. The number of aliphatic carboxylic acids is 1. The SMILES string of the molecule is NC(=O)C1CCN(CCC(=O)N2CCCC2C(=O)O)CC1. The second-order valence-corrected chi connectivity index (χ2v) is 5.85. The maximum absolute atomic E-state index is 12.1. The summed E-state index contributed by atoms with van der Waals surface area (Å²) in [6.07, 6.45) is 3.12. The molecular weight excluding hydrogens is 274 g/mol. The van der Waals surface area contributed by atoms with E-state index in [1.54, 1.807) is 0 Å². The fraction of sp³-hybridized carbons (Fsp3) is 0.786. The molecule has 2 fully saturated rings. The average molecular weight is 297 g/mol. The standard InChI is InChI=1S/C14H23N3O4/c15-13(19)10-3-7-16(8-4-10)9-5-12(18)17-6-1-2-11(17)14(20)21/h10-11H,1-9H2,(H2,15,19)(H,20,21). The molecular formula is C14H23N3O4.